The molecule has 0 saturated heterocycles. The van der Waals surface area contributed by atoms with Crippen LogP contribution in [0.4, 0.5) is 0 Å². The van der Waals surface area contributed by atoms with Gasteiger partial charge < -0.3 is 20.5 Å². The monoisotopic (exact) mass is 723 g/mol. The summed E-state index contributed by atoms with van der Waals surface area (Å²) >= 11 is 0. The van der Waals surface area contributed by atoms with Crippen molar-refractivity contribution in [3.05, 3.63) is 0 Å². The fourth-order valence-corrected chi connectivity index (χ4v) is 7.45. The highest BCUT2D eigenvalue weighted by Gasteiger charge is 2.34. The average Bonchev–Trinajstić information content (AvgIpc) is 3.05. The summed E-state index contributed by atoms with van der Waals surface area (Å²) in [6.45, 7) is 22.5. The summed E-state index contributed by atoms with van der Waals surface area (Å²) < 4.78 is 6.34. The van der Waals surface area contributed by atoms with Crippen LogP contribution in [0.3, 0.4) is 0 Å². The van der Waals surface area contributed by atoms with Gasteiger partial charge in [0.25, 0.3) is 0 Å². The second kappa shape index (κ2) is 27.2. The van der Waals surface area contributed by atoms with Gasteiger partial charge in [0.1, 0.15) is 11.8 Å². The zero-order valence-electron chi connectivity index (χ0n) is 35.5. The molecule has 0 spiro atoms. The van der Waals surface area contributed by atoms with Crippen molar-refractivity contribution in [1.29, 1.82) is 0 Å². The Hall–Kier alpha value is -1.47. The van der Waals surface area contributed by atoms with Gasteiger partial charge in [-0.2, -0.15) is 0 Å². The molecular weight excluding hydrogens is 636 g/mol. The maximum Gasteiger partial charge on any atom is 0.326 e. The molecule has 0 radical (unpaired) electrons. The van der Waals surface area contributed by atoms with E-state index in [2.05, 4.69) is 66.0 Å². The maximum absolute atomic E-state index is 13.4. The second-order valence-electron chi connectivity index (χ2n) is 17.7. The quantitative estimate of drug-likeness (QED) is 0.0563. The van der Waals surface area contributed by atoms with Gasteiger partial charge in [0.2, 0.25) is 5.91 Å². The summed E-state index contributed by atoms with van der Waals surface area (Å²) in [5, 5.41) is 16.6. The molecule has 3 N–H and O–H groups in total. The molecule has 7 heteroatoms. The minimum atomic E-state index is -1.09. The molecule has 51 heavy (non-hydrogen) atoms. The Morgan fingerprint density at radius 1 is 0.588 bits per heavy atom. The maximum atomic E-state index is 13.4. The van der Waals surface area contributed by atoms with Crippen molar-refractivity contribution in [2.24, 2.45) is 5.41 Å². The lowest BCUT2D eigenvalue weighted by Gasteiger charge is -2.41. The van der Waals surface area contributed by atoms with Crippen molar-refractivity contribution in [3.63, 3.8) is 0 Å². The fourth-order valence-electron chi connectivity index (χ4n) is 7.45. The highest BCUT2D eigenvalue weighted by atomic mass is 16.5. The van der Waals surface area contributed by atoms with Gasteiger partial charge in [-0.3, -0.25) is 9.59 Å². The third kappa shape index (κ3) is 24.5. The Morgan fingerprint density at radius 3 is 1.57 bits per heavy atom. The number of rotatable bonds is 35. The number of nitrogens with one attached hydrogen (secondary N) is 2. The number of ether oxygens (including phenoxy) is 1. The van der Waals surface area contributed by atoms with Crippen LogP contribution in [-0.4, -0.2) is 52.1 Å². The van der Waals surface area contributed by atoms with Crippen molar-refractivity contribution in [2.75, 3.05) is 6.61 Å². The van der Waals surface area contributed by atoms with Crippen LogP contribution in [0.25, 0.3) is 0 Å². The molecule has 0 saturated carbocycles. The van der Waals surface area contributed by atoms with E-state index in [0.29, 0.717) is 13.0 Å². The van der Waals surface area contributed by atoms with E-state index in [4.69, 9.17) is 4.74 Å². The van der Waals surface area contributed by atoms with E-state index >= 15 is 0 Å². The minimum absolute atomic E-state index is 0.0931. The highest BCUT2D eigenvalue weighted by molar-refractivity contribution is 5.87. The molecular formula is C44H86N2O5. The van der Waals surface area contributed by atoms with Gasteiger partial charge in [0.15, 0.2) is 0 Å². The molecule has 0 aliphatic carbocycles. The molecule has 1 amide bonds. The number of carbonyl (C=O) groups is 3. The topological polar surface area (TPSA) is 105 Å². The number of carboxylic acid groups (broad SMARTS) is 1. The summed E-state index contributed by atoms with van der Waals surface area (Å²) in [4.78, 5) is 38.5. The van der Waals surface area contributed by atoms with Gasteiger partial charge in [0, 0.05) is 35.9 Å². The van der Waals surface area contributed by atoms with E-state index in [1.165, 1.54) is 89.9 Å². The number of aliphatic carboxylic acids is 1. The molecule has 0 heterocycles. The van der Waals surface area contributed by atoms with Crippen LogP contribution in [-0.2, 0) is 19.1 Å². The molecule has 3 unspecified atom stereocenters. The van der Waals surface area contributed by atoms with E-state index in [1.54, 1.807) is 0 Å². The number of ketones is 1. The van der Waals surface area contributed by atoms with Crippen molar-refractivity contribution >= 4 is 17.7 Å². The summed E-state index contributed by atoms with van der Waals surface area (Å²) in [5.74, 6) is -1.27. The van der Waals surface area contributed by atoms with Crippen LogP contribution in [0, 0.1) is 5.41 Å². The summed E-state index contributed by atoms with van der Waals surface area (Å²) in [6.07, 6.45) is 25.2. The Kier molecular flexibility index (Phi) is 26.4. The predicted molar refractivity (Wildman–Crippen MR) is 216 cm³/mol. The van der Waals surface area contributed by atoms with Crippen LogP contribution >= 0.6 is 0 Å². The predicted octanol–water partition coefficient (Wildman–Crippen LogP) is 11.9. The average molecular weight is 723 g/mol. The third-order valence-corrected chi connectivity index (χ3v) is 11.1. The Bertz CT molecular complexity index is 934. The van der Waals surface area contributed by atoms with E-state index in [-0.39, 0.29) is 42.0 Å². The fraction of sp³-hybridized carbons (Fsp3) is 0.932. The van der Waals surface area contributed by atoms with Crippen LogP contribution < -0.4 is 10.6 Å². The van der Waals surface area contributed by atoms with E-state index in [1.807, 2.05) is 13.8 Å². The van der Waals surface area contributed by atoms with Crippen LogP contribution in [0.1, 0.15) is 230 Å². The van der Waals surface area contributed by atoms with Gasteiger partial charge in [-0.25, -0.2) is 4.79 Å². The Balaban J connectivity index is 5.01. The van der Waals surface area contributed by atoms with E-state index in [9.17, 15) is 19.5 Å². The first-order valence-corrected chi connectivity index (χ1v) is 21.5. The smallest absolute Gasteiger partial charge is 0.326 e. The SMILES string of the molecule is CCCCCCCC(C)(CCCCCC)NC(C)(C)CCOC(C)(C)CCC(=O)NC(CCC(=O)C(C)(CCCC)CCCCCCC)C(=O)O. The van der Waals surface area contributed by atoms with Gasteiger partial charge >= 0.3 is 5.97 Å². The number of unbranched alkanes of at least 4 members (excludes halogenated alkanes) is 12. The van der Waals surface area contributed by atoms with Gasteiger partial charge in [-0.15, -0.1) is 0 Å². The lowest BCUT2D eigenvalue weighted by Crippen LogP contribution is -2.54. The van der Waals surface area contributed by atoms with Crippen LogP contribution in [0.2, 0.25) is 0 Å². The standard InChI is InChI=1S/C44H86N2O5/c1-11-15-19-22-24-31-43(9,30-18-14-4)38(47)28-27-37(40(49)50)45-39(48)29-34-42(7,8)51-36-35-41(5,6)46-44(10,32-25-21-17-13-3)33-26-23-20-16-12-2/h37,46H,11-36H2,1-10H3,(H,45,48)(H,49,50). The van der Waals surface area contributed by atoms with E-state index < -0.39 is 23.0 Å². The summed E-state index contributed by atoms with van der Waals surface area (Å²) in [7, 11) is 0. The summed E-state index contributed by atoms with van der Waals surface area (Å²) in [6, 6.07) is -1.07. The zero-order valence-corrected chi connectivity index (χ0v) is 35.5. The number of carboxylic acids is 1. The molecule has 0 aliphatic heterocycles. The molecule has 0 aromatic carbocycles. The first-order chi connectivity index (χ1) is 24.0. The molecule has 302 valence electrons. The van der Waals surface area contributed by atoms with Gasteiger partial charge in [0.05, 0.1) is 5.60 Å². The normalized spacial score (nSPS) is 15.3. The second-order valence-corrected chi connectivity index (χ2v) is 17.7. The van der Waals surface area contributed by atoms with Crippen molar-refractivity contribution in [3.8, 4) is 0 Å². The minimum Gasteiger partial charge on any atom is -0.480 e. The Labute approximate surface area is 316 Å². The third-order valence-electron chi connectivity index (χ3n) is 11.1. The number of hydrogen-bond donors (Lipinski definition) is 3. The Morgan fingerprint density at radius 2 is 1.06 bits per heavy atom. The molecule has 0 rings (SSSR count). The number of amides is 1. The van der Waals surface area contributed by atoms with Crippen LogP contribution in [0.15, 0.2) is 0 Å². The number of carbonyl (C=O) groups excluding carboxylic acids is 2. The van der Waals surface area contributed by atoms with Gasteiger partial charge in [-0.05, 0) is 79.6 Å². The highest BCUT2D eigenvalue weighted by Crippen LogP contribution is 2.34. The number of Topliss-reactive ketones (excluding diaryl/α,β-unsaturated/α-hetero) is 1. The molecule has 0 aromatic rings. The first-order valence-electron chi connectivity index (χ1n) is 21.5. The van der Waals surface area contributed by atoms with Crippen molar-refractivity contribution in [2.45, 2.75) is 252 Å². The lowest BCUT2D eigenvalue weighted by atomic mass is 9.75. The molecule has 3 atom stereocenters. The molecule has 0 fully saturated rings. The molecule has 0 bridgehead atoms. The largest absolute Gasteiger partial charge is 0.480 e. The van der Waals surface area contributed by atoms with Crippen LogP contribution in [0.5, 0.6) is 0 Å². The first kappa shape index (κ1) is 49.5. The van der Waals surface area contributed by atoms with Crippen molar-refractivity contribution < 1.29 is 24.2 Å². The van der Waals surface area contributed by atoms with Crippen molar-refractivity contribution in [1.82, 2.24) is 10.6 Å². The lowest BCUT2D eigenvalue weighted by molar-refractivity contribution is -0.142. The van der Waals surface area contributed by atoms with Gasteiger partial charge in [-0.1, -0.05) is 137 Å². The molecule has 7 nitrogen and oxygen atoms in total. The number of hydrogen-bond acceptors (Lipinski definition) is 5. The zero-order chi connectivity index (χ0) is 38.8. The molecule has 0 aromatic heterocycles. The molecule has 0 aliphatic rings. The van der Waals surface area contributed by atoms with E-state index in [0.717, 1.165) is 44.9 Å². The summed E-state index contributed by atoms with van der Waals surface area (Å²) in [5.41, 5.74) is -0.944.